The quantitative estimate of drug-likeness (QED) is 0.591. The van der Waals surface area contributed by atoms with Gasteiger partial charge in [0.25, 0.3) is 0 Å². The van der Waals surface area contributed by atoms with Gasteiger partial charge in [-0.2, -0.15) is 0 Å². The van der Waals surface area contributed by atoms with Crippen LogP contribution in [0.3, 0.4) is 0 Å². The second-order valence-corrected chi connectivity index (χ2v) is 6.07. The van der Waals surface area contributed by atoms with Crippen LogP contribution in [0.2, 0.25) is 15.1 Å². The van der Waals surface area contributed by atoms with Gasteiger partial charge in [-0.25, -0.2) is 0 Å². The zero-order chi connectivity index (χ0) is 14.3. The molecule has 3 aromatic rings. The van der Waals surface area contributed by atoms with E-state index in [4.69, 9.17) is 47.0 Å². The molecule has 102 valence electrons. The third-order valence-electron chi connectivity index (χ3n) is 3.05. The molecule has 3 rings (SSSR count). The summed E-state index contributed by atoms with van der Waals surface area (Å²) in [7, 11) is 0. The minimum absolute atomic E-state index is 0.505. The second-order valence-electron chi connectivity index (χ2n) is 4.43. The average molecular weight is 344 g/mol. The predicted octanol–water partition coefficient (Wildman–Crippen LogP) is 5.71. The molecule has 0 bridgehead atoms. The average Bonchev–Trinajstić information content (AvgIpc) is 2.67. The first-order valence-electron chi connectivity index (χ1n) is 5.86. The Kier molecular flexibility index (Phi) is 3.78. The molecule has 0 spiro atoms. The Morgan fingerprint density at radius 2 is 1.80 bits per heavy atom. The van der Waals surface area contributed by atoms with Crippen LogP contribution in [0.4, 0.5) is 0 Å². The molecule has 6 heteroatoms. The summed E-state index contributed by atoms with van der Waals surface area (Å²) in [5.74, 6) is 0. The van der Waals surface area contributed by atoms with E-state index in [0.29, 0.717) is 26.4 Å². The van der Waals surface area contributed by atoms with Gasteiger partial charge in [-0.1, -0.05) is 46.9 Å². The highest BCUT2D eigenvalue weighted by atomic mass is 35.5. The normalized spacial score (nSPS) is 11.2. The van der Waals surface area contributed by atoms with Crippen molar-refractivity contribution in [1.29, 1.82) is 0 Å². The van der Waals surface area contributed by atoms with Crippen molar-refractivity contribution >= 4 is 58.1 Å². The van der Waals surface area contributed by atoms with Crippen molar-refractivity contribution < 1.29 is 0 Å². The van der Waals surface area contributed by atoms with Crippen molar-refractivity contribution in [3.05, 3.63) is 61.8 Å². The molecule has 0 saturated heterocycles. The van der Waals surface area contributed by atoms with Gasteiger partial charge >= 0.3 is 0 Å². The molecule has 1 heterocycles. The Morgan fingerprint density at radius 3 is 2.55 bits per heavy atom. The molecule has 1 N–H and O–H groups in total. The summed E-state index contributed by atoms with van der Waals surface area (Å²) < 4.78 is 2.59. The van der Waals surface area contributed by atoms with E-state index in [2.05, 4.69) is 4.98 Å². The number of aromatic nitrogens is 2. The molecular formula is C14H9Cl3N2S. The molecule has 0 amide bonds. The second kappa shape index (κ2) is 5.41. The van der Waals surface area contributed by atoms with E-state index in [-0.39, 0.29) is 0 Å². The molecule has 2 aromatic carbocycles. The number of rotatable bonds is 2. The first kappa shape index (κ1) is 14.0. The van der Waals surface area contributed by atoms with Gasteiger partial charge in [-0.3, -0.25) is 0 Å². The van der Waals surface area contributed by atoms with Gasteiger partial charge in [0.15, 0.2) is 4.77 Å². The minimum atomic E-state index is 0.505. The number of hydrogen-bond acceptors (Lipinski definition) is 1. The maximum atomic E-state index is 6.08. The fourth-order valence-corrected chi connectivity index (χ4v) is 2.93. The Bertz CT molecular complexity index is 851. The van der Waals surface area contributed by atoms with Gasteiger partial charge in [0.2, 0.25) is 0 Å². The van der Waals surface area contributed by atoms with E-state index in [1.807, 2.05) is 34.9 Å². The molecule has 0 aliphatic heterocycles. The largest absolute Gasteiger partial charge is 0.331 e. The number of hydrogen-bond donors (Lipinski definition) is 1. The van der Waals surface area contributed by atoms with Crippen LogP contribution in [-0.2, 0) is 6.54 Å². The molecule has 0 atom stereocenters. The van der Waals surface area contributed by atoms with E-state index in [1.54, 1.807) is 6.07 Å². The van der Waals surface area contributed by atoms with E-state index in [9.17, 15) is 0 Å². The number of nitrogens with zero attached hydrogens (tertiary/aromatic N) is 1. The molecule has 0 aliphatic rings. The lowest BCUT2D eigenvalue weighted by atomic mass is 10.2. The van der Waals surface area contributed by atoms with Crippen LogP contribution in [0.25, 0.3) is 11.0 Å². The van der Waals surface area contributed by atoms with Crippen LogP contribution in [0.15, 0.2) is 36.4 Å². The van der Waals surface area contributed by atoms with Gasteiger partial charge in [0, 0.05) is 5.02 Å². The Labute approximate surface area is 135 Å². The molecule has 2 nitrogen and oxygen atoms in total. The predicted molar refractivity (Wildman–Crippen MR) is 87.7 cm³/mol. The lowest BCUT2D eigenvalue weighted by Crippen LogP contribution is -1.99. The van der Waals surface area contributed by atoms with Crippen LogP contribution in [0, 0.1) is 4.77 Å². The molecule has 0 unspecified atom stereocenters. The Morgan fingerprint density at radius 1 is 1.05 bits per heavy atom. The number of halogens is 3. The minimum Gasteiger partial charge on any atom is -0.331 e. The first-order valence-corrected chi connectivity index (χ1v) is 7.41. The Hall–Kier alpha value is -1.00. The summed E-state index contributed by atoms with van der Waals surface area (Å²) in [5.41, 5.74) is 2.86. The summed E-state index contributed by atoms with van der Waals surface area (Å²) in [6.45, 7) is 0.622. The van der Waals surface area contributed by atoms with Crippen molar-refractivity contribution in [1.82, 2.24) is 9.55 Å². The standard InChI is InChI=1S/C14H9Cl3N2S/c15-9-3-1-2-8(4-9)7-19-13-6-11(17)10(16)5-12(13)18-14(19)20/h1-6H,7H2,(H,18,20). The highest BCUT2D eigenvalue weighted by Gasteiger charge is 2.08. The monoisotopic (exact) mass is 342 g/mol. The zero-order valence-electron chi connectivity index (χ0n) is 10.2. The number of H-pyrrole nitrogens is 1. The van der Waals surface area contributed by atoms with E-state index >= 15 is 0 Å². The van der Waals surface area contributed by atoms with E-state index < -0.39 is 0 Å². The van der Waals surface area contributed by atoms with E-state index in [0.717, 1.165) is 16.6 Å². The van der Waals surface area contributed by atoms with Crippen LogP contribution < -0.4 is 0 Å². The first-order chi connectivity index (χ1) is 9.54. The number of fused-ring (bicyclic) bond motifs is 1. The van der Waals surface area contributed by atoms with Gasteiger partial charge < -0.3 is 9.55 Å². The third kappa shape index (κ3) is 2.59. The number of nitrogens with one attached hydrogen (secondary N) is 1. The number of aromatic amines is 1. The Balaban J connectivity index is 2.14. The van der Waals surface area contributed by atoms with Crippen molar-refractivity contribution in [2.24, 2.45) is 0 Å². The summed E-state index contributed by atoms with van der Waals surface area (Å²) in [6, 6.07) is 11.3. The lowest BCUT2D eigenvalue weighted by Gasteiger charge is -2.06. The summed E-state index contributed by atoms with van der Waals surface area (Å²) in [6.07, 6.45) is 0. The highest BCUT2D eigenvalue weighted by Crippen LogP contribution is 2.28. The van der Waals surface area contributed by atoms with Crippen molar-refractivity contribution in [2.75, 3.05) is 0 Å². The lowest BCUT2D eigenvalue weighted by molar-refractivity contribution is 0.810. The SMILES string of the molecule is S=c1[nH]c2cc(Cl)c(Cl)cc2n1Cc1cccc(Cl)c1. The van der Waals surface area contributed by atoms with Crippen LogP contribution >= 0.6 is 47.0 Å². The summed E-state index contributed by atoms with van der Waals surface area (Å²) in [5, 5.41) is 1.72. The van der Waals surface area contributed by atoms with Gasteiger partial charge in [0.05, 0.1) is 27.6 Å². The fourth-order valence-electron chi connectivity index (χ4n) is 2.13. The zero-order valence-corrected chi connectivity index (χ0v) is 13.2. The molecule has 20 heavy (non-hydrogen) atoms. The maximum absolute atomic E-state index is 6.08. The van der Waals surface area contributed by atoms with Crippen molar-refractivity contribution in [2.45, 2.75) is 6.54 Å². The van der Waals surface area contributed by atoms with Gasteiger partial charge in [0.1, 0.15) is 0 Å². The molecule has 0 saturated carbocycles. The van der Waals surface area contributed by atoms with Crippen LogP contribution in [-0.4, -0.2) is 9.55 Å². The summed E-state index contributed by atoms with van der Waals surface area (Å²) in [4.78, 5) is 3.13. The van der Waals surface area contributed by atoms with Crippen LogP contribution in [0.5, 0.6) is 0 Å². The van der Waals surface area contributed by atoms with Gasteiger partial charge in [-0.05, 0) is 42.0 Å². The van der Waals surface area contributed by atoms with Crippen molar-refractivity contribution in [3.63, 3.8) is 0 Å². The smallest absolute Gasteiger partial charge is 0.178 e. The maximum Gasteiger partial charge on any atom is 0.178 e. The molecule has 0 fully saturated rings. The molecule has 0 radical (unpaired) electrons. The van der Waals surface area contributed by atoms with E-state index in [1.165, 1.54) is 0 Å². The molecule has 0 aliphatic carbocycles. The number of imidazole rings is 1. The van der Waals surface area contributed by atoms with Crippen LogP contribution in [0.1, 0.15) is 5.56 Å². The number of benzene rings is 2. The highest BCUT2D eigenvalue weighted by molar-refractivity contribution is 7.71. The summed E-state index contributed by atoms with van der Waals surface area (Å²) >= 11 is 23.5. The topological polar surface area (TPSA) is 20.7 Å². The van der Waals surface area contributed by atoms with Crippen molar-refractivity contribution in [3.8, 4) is 0 Å². The molecular weight excluding hydrogens is 335 g/mol. The van der Waals surface area contributed by atoms with Gasteiger partial charge in [-0.15, -0.1) is 0 Å². The third-order valence-corrected chi connectivity index (χ3v) is 4.33. The molecule has 1 aromatic heterocycles. The fraction of sp³-hybridized carbons (Fsp3) is 0.0714.